The van der Waals surface area contributed by atoms with Crippen molar-refractivity contribution in [2.45, 2.75) is 38.8 Å². The molecule has 0 spiro atoms. The Balaban J connectivity index is 1.75. The second-order valence-corrected chi connectivity index (χ2v) is 12.5. The Hall–Kier alpha value is 0.570. The van der Waals surface area contributed by atoms with E-state index in [9.17, 15) is 8.42 Å². The van der Waals surface area contributed by atoms with E-state index >= 15 is 0 Å². The first kappa shape index (κ1) is 16.4. The molecule has 0 saturated heterocycles. The molecule has 3 rings (SSSR count). The van der Waals surface area contributed by atoms with E-state index in [1.54, 1.807) is 12.1 Å². The van der Waals surface area contributed by atoms with Crippen LogP contribution in [0.2, 0.25) is 0 Å². The maximum atomic E-state index is 12.5. The molecule has 2 aliphatic carbocycles. The fraction of sp³-hybridized carbons (Fsp3) is 0.571. The average Bonchev–Trinajstić information content (AvgIpc) is 2.91. The van der Waals surface area contributed by atoms with Crippen LogP contribution in [0.4, 0.5) is 0 Å². The van der Waals surface area contributed by atoms with E-state index in [0.717, 1.165) is 18.4 Å². The first-order valence-electron chi connectivity index (χ1n) is 6.82. The summed E-state index contributed by atoms with van der Waals surface area (Å²) in [6.07, 6.45) is 1.80. The zero-order valence-electron chi connectivity index (χ0n) is 11.4. The molecule has 0 heterocycles. The van der Waals surface area contributed by atoms with Crippen LogP contribution >= 0.6 is 47.8 Å². The van der Waals surface area contributed by atoms with Gasteiger partial charge in [0.15, 0.2) is 0 Å². The van der Waals surface area contributed by atoms with Crippen LogP contribution in [0.15, 0.2) is 29.2 Å². The van der Waals surface area contributed by atoms with Gasteiger partial charge in [0.2, 0.25) is 10.0 Å². The Morgan fingerprint density at radius 1 is 1.14 bits per heavy atom. The van der Waals surface area contributed by atoms with Crippen LogP contribution in [-0.4, -0.2) is 22.5 Å². The summed E-state index contributed by atoms with van der Waals surface area (Å²) in [6.45, 7) is 1.94. The second kappa shape index (κ2) is 5.58. The summed E-state index contributed by atoms with van der Waals surface area (Å²) >= 11 is 11.0. The number of sulfonamides is 1. The van der Waals surface area contributed by atoms with Gasteiger partial charge in [-0.25, -0.2) is 13.1 Å². The van der Waals surface area contributed by atoms with Gasteiger partial charge < -0.3 is 0 Å². The van der Waals surface area contributed by atoms with Gasteiger partial charge in [-0.15, -0.1) is 0 Å². The topological polar surface area (TPSA) is 46.2 Å². The Bertz CT molecular complexity index is 645. The maximum Gasteiger partial charge on any atom is 0.240 e. The van der Waals surface area contributed by atoms with Crippen molar-refractivity contribution in [2.75, 3.05) is 0 Å². The Labute approximate surface area is 150 Å². The second-order valence-electron chi connectivity index (χ2n) is 5.92. The zero-order chi connectivity index (χ0) is 15.4. The van der Waals surface area contributed by atoms with Crippen molar-refractivity contribution in [1.82, 2.24) is 4.72 Å². The van der Waals surface area contributed by atoms with Crippen LogP contribution in [0.1, 0.15) is 18.4 Å². The highest BCUT2D eigenvalue weighted by atomic mass is 79.9. The molecular weight excluding hydrogens is 486 g/mol. The molecule has 1 aromatic carbocycles. The molecule has 0 aromatic heterocycles. The zero-order valence-corrected chi connectivity index (χ0v) is 17.0. The van der Waals surface area contributed by atoms with E-state index in [1.165, 1.54) is 0 Å². The number of hydrogen-bond donors (Lipinski definition) is 1. The third-order valence-corrected chi connectivity index (χ3v) is 9.30. The summed E-state index contributed by atoms with van der Waals surface area (Å²) in [6, 6.07) is 6.88. The monoisotopic (exact) mass is 499 g/mol. The van der Waals surface area contributed by atoms with Gasteiger partial charge in [-0.2, -0.15) is 0 Å². The molecule has 2 fully saturated rings. The largest absolute Gasteiger partial charge is 0.240 e. The Kier molecular flexibility index (Phi) is 4.37. The molecular formula is C14H16Br3NO2S. The lowest BCUT2D eigenvalue weighted by molar-refractivity contribution is 0.410. The van der Waals surface area contributed by atoms with Crippen molar-refractivity contribution >= 4 is 57.8 Å². The quantitative estimate of drug-likeness (QED) is 0.638. The lowest BCUT2D eigenvalue weighted by Gasteiger charge is -2.27. The SMILES string of the molecule is Cc1ccc(S(=O)(=O)N[C@H]2CC3C(C[C@@H]2Br)C3(Br)Br)cc1. The van der Waals surface area contributed by atoms with Crippen LogP contribution in [-0.2, 0) is 10.0 Å². The van der Waals surface area contributed by atoms with E-state index in [4.69, 9.17) is 0 Å². The molecule has 0 amide bonds. The molecule has 21 heavy (non-hydrogen) atoms. The van der Waals surface area contributed by atoms with E-state index in [2.05, 4.69) is 52.5 Å². The normalized spacial score (nSPS) is 34.3. The molecule has 2 aliphatic rings. The van der Waals surface area contributed by atoms with E-state index in [-0.39, 0.29) is 14.1 Å². The number of rotatable bonds is 3. The van der Waals surface area contributed by atoms with E-state index in [0.29, 0.717) is 16.7 Å². The van der Waals surface area contributed by atoms with Gasteiger partial charge in [0.05, 0.1) is 8.13 Å². The highest BCUT2D eigenvalue weighted by molar-refractivity contribution is 9.25. The first-order chi connectivity index (χ1) is 9.72. The number of aryl methyl sites for hydroxylation is 1. The van der Waals surface area contributed by atoms with Crippen molar-refractivity contribution in [2.24, 2.45) is 11.8 Å². The number of fused-ring (bicyclic) bond motifs is 1. The van der Waals surface area contributed by atoms with Crippen LogP contribution in [0.25, 0.3) is 0 Å². The fourth-order valence-corrected chi connectivity index (χ4v) is 7.01. The van der Waals surface area contributed by atoms with Crippen molar-refractivity contribution in [1.29, 1.82) is 0 Å². The molecule has 0 aliphatic heterocycles. The molecule has 1 N–H and O–H groups in total. The first-order valence-corrected chi connectivity index (χ1v) is 10.8. The molecule has 2 unspecified atom stereocenters. The van der Waals surface area contributed by atoms with E-state index < -0.39 is 10.0 Å². The maximum absolute atomic E-state index is 12.5. The van der Waals surface area contributed by atoms with Gasteiger partial charge in [0, 0.05) is 10.9 Å². The standard InChI is InChI=1S/C14H16Br3NO2S/c1-8-2-4-9(5-3-8)21(19,20)18-13-7-11-10(6-12(13)15)14(11,16)17/h2-5,10-13,18H,6-7H2,1H3/t10?,11?,12-,13-/m0/s1. The van der Waals surface area contributed by atoms with Gasteiger partial charge in [-0.3, -0.25) is 0 Å². The molecule has 0 bridgehead atoms. The molecule has 1 aromatic rings. The minimum Gasteiger partial charge on any atom is -0.207 e. The Morgan fingerprint density at radius 2 is 1.71 bits per heavy atom. The van der Waals surface area contributed by atoms with Gasteiger partial charge >= 0.3 is 0 Å². The highest BCUT2D eigenvalue weighted by Crippen LogP contribution is 2.68. The van der Waals surface area contributed by atoms with E-state index in [1.807, 2.05) is 19.1 Å². The Morgan fingerprint density at radius 3 is 2.33 bits per heavy atom. The number of nitrogens with one attached hydrogen (secondary N) is 1. The molecule has 0 radical (unpaired) electrons. The molecule has 3 nitrogen and oxygen atoms in total. The lowest BCUT2D eigenvalue weighted by Crippen LogP contribution is -2.43. The molecule has 4 atom stereocenters. The van der Waals surface area contributed by atoms with Crippen LogP contribution in [0.3, 0.4) is 0 Å². The van der Waals surface area contributed by atoms with Gasteiger partial charge in [0.25, 0.3) is 0 Å². The van der Waals surface area contributed by atoms with Gasteiger partial charge in [0.1, 0.15) is 0 Å². The summed E-state index contributed by atoms with van der Waals surface area (Å²) < 4.78 is 27.8. The predicted octanol–water partition coefficient (Wildman–Crippen LogP) is 3.93. The number of halogens is 3. The van der Waals surface area contributed by atoms with Crippen molar-refractivity contribution in [3.8, 4) is 0 Å². The van der Waals surface area contributed by atoms with Crippen LogP contribution < -0.4 is 4.72 Å². The van der Waals surface area contributed by atoms with Crippen LogP contribution in [0, 0.1) is 18.8 Å². The fourth-order valence-electron chi connectivity index (χ4n) is 3.04. The smallest absolute Gasteiger partial charge is 0.207 e. The summed E-state index contributed by atoms with van der Waals surface area (Å²) in [4.78, 5) is 0.491. The third-order valence-electron chi connectivity index (χ3n) is 4.43. The third kappa shape index (κ3) is 3.13. The highest BCUT2D eigenvalue weighted by Gasteiger charge is 2.64. The molecule has 2 saturated carbocycles. The summed E-state index contributed by atoms with van der Waals surface area (Å²) in [5, 5.41) is 0. The molecule has 116 valence electrons. The summed E-state index contributed by atoms with van der Waals surface area (Å²) in [5.74, 6) is 1.05. The number of hydrogen-bond acceptors (Lipinski definition) is 2. The van der Waals surface area contributed by atoms with Crippen molar-refractivity contribution in [3.63, 3.8) is 0 Å². The summed E-state index contributed by atoms with van der Waals surface area (Å²) in [5.41, 5.74) is 1.05. The van der Waals surface area contributed by atoms with Gasteiger partial charge in [-0.1, -0.05) is 65.5 Å². The minimum absolute atomic E-state index is 0.00390. The van der Waals surface area contributed by atoms with Crippen molar-refractivity contribution < 1.29 is 8.42 Å². The lowest BCUT2D eigenvalue weighted by atomic mass is 9.96. The number of benzene rings is 1. The van der Waals surface area contributed by atoms with Crippen molar-refractivity contribution in [3.05, 3.63) is 29.8 Å². The predicted molar refractivity (Wildman–Crippen MR) is 94.8 cm³/mol. The van der Waals surface area contributed by atoms with Crippen LogP contribution in [0.5, 0.6) is 0 Å². The average molecular weight is 502 g/mol. The number of alkyl halides is 3. The molecule has 7 heteroatoms. The summed E-state index contributed by atoms with van der Waals surface area (Å²) in [7, 11) is -3.46. The minimum atomic E-state index is -3.46. The van der Waals surface area contributed by atoms with Gasteiger partial charge in [-0.05, 0) is 43.7 Å².